The highest BCUT2D eigenvalue weighted by molar-refractivity contribution is 7.79. The van der Waals surface area contributed by atoms with Crippen molar-refractivity contribution in [1.29, 1.82) is 5.26 Å². The lowest BCUT2D eigenvalue weighted by Crippen LogP contribution is -2.23. The van der Waals surface area contributed by atoms with Crippen molar-refractivity contribution < 1.29 is 8.76 Å². The van der Waals surface area contributed by atoms with Gasteiger partial charge in [0.25, 0.3) is 5.56 Å². The van der Waals surface area contributed by atoms with Crippen molar-refractivity contribution in [3.8, 4) is 6.07 Å². The van der Waals surface area contributed by atoms with E-state index >= 15 is 0 Å². The molecule has 2 aromatic heterocycles. The van der Waals surface area contributed by atoms with Crippen molar-refractivity contribution in [2.24, 2.45) is 5.92 Å². The van der Waals surface area contributed by atoms with E-state index in [1.165, 1.54) is 12.1 Å². The minimum absolute atomic E-state index is 0.0798. The highest BCUT2D eigenvalue weighted by Gasteiger charge is 2.29. The highest BCUT2D eigenvalue weighted by Crippen LogP contribution is 2.36. The van der Waals surface area contributed by atoms with Crippen molar-refractivity contribution >= 4 is 33.5 Å². The summed E-state index contributed by atoms with van der Waals surface area (Å²) < 4.78 is 23.8. The Bertz CT molecular complexity index is 1130. The van der Waals surface area contributed by atoms with Crippen LogP contribution in [-0.2, 0) is 11.1 Å². The number of nitrogens with zero attached hydrogens (tertiary/aromatic N) is 3. The predicted molar refractivity (Wildman–Crippen MR) is 104 cm³/mol. The first-order valence-electron chi connectivity index (χ1n) is 9.04. The molecule has 1 fully saturated rings. The maximum Gasteiger partial charge on any atom is 0.261 e. The molecule has 0 aliphatic heterocycles. The molecule has 1 aromatic carbocycles. The van der Waals surface area contributed by atoms with Gasteiger partial charge in [-0.1, -0.05) is 12.8 Å². The summed E-state index contributed by atoms with van der Waals surface area (Å²) in [5, 5.41) is 17.7. The Balaban J connectivity index is 1.77. The SMILES string of the molecule is N#C[C@@H]1CCCC[C@H]1n1nc(Nc2ccc(S(=O)[O-])cc2)c2c(=O)[nH]ccc21. The Labute approximate surface area is 163 Å². The van der Waals surface area contributed by atoms with Gasteiger partial charge < -0.3 is 14.9 Å². The van der Waals surface area contributed by atoms with Gasteiger partial charge >= 0.3 is 0 Å². The third-order valence-corrected chi connectivity index (χ3v) is 5.81. The number of aromatic amines is 1. The van der Waals surface area contributed by atoms with Gasteiger partial charge in [0, 0.05) is 16.8 Å². The molecule has 2 heterocycles. The fourth-order valence-electron chi connectivity index (χ4n) is 3.78. The Morgan fingerprint density at radius 3 is 2.71 bits per heavy atom. The highest BCUT2D eigenvalue weighted by atomic mass is 32.2. The van der Waals surface area contributed by atoms with Crippen molar-refractivity contribution in [2.75, 3.05) is 5.32 Å². The second kappa shape index (κ2) is 7.58. The van der Waals surface area contributed by atoms with Crippen LogP contribution < -0.4 is 10.9 Å². The van der Waals surface area contributed by atoms with Gasteiger partial charge in [0.15, 0.2) is 5.82 Å². The average Bonchev–Trinajstić information content (AvgIpc) is 3.08. The zero-order valence-corrected chi connectivity index (χ0v) is 15.7. The van der Waals surface area contributed by atoms with E-state index in [1.807, 2.05) is 0 Å². The van der Waals surface area contributed by atoms with Gasteiger partial charge in [-0.25, -0.2) is 0 Å². The molecular weight excluding hydrogens is 378 g/mol. The summed E-state index contributed by atoms with van der Waals surface area (Å²) in [6.07, 6.45) is 5.28. The lowest BCUT2D eigenvalue weighted by molar-refractivity contribution is 0.277. The van der Waals surface area contributed by atoms with Gasteiger partial charge in [0.2, 0.25) is 0 Å². The van der Waals surface area contributed by atoms with E-state index in [2.05, 4.69) is 21.5 Å². The van der Waals surface area contributed by atoms with E-state index < -0.39 is 11.1 Å². The number of hydrogen-bond donors (Lipinski definition) is 2. The predicted octanol–water partition coefficient (Wildman–Crippen LogP) is 2.96. The number of hydrogen-bond acceptors (Lipinski definition) is 6. The average molecular weight is 396 g/mol. The van der Waals surface area contributed by atoms with E-state index in [4.69, 9.17) is 0 Å². The van der Waals surface area contributed by atoms with E-state index in [0.29, 0.717) is 22.4 Å². The van der Waals surface area contributed by atoms with E-state index in [-0.39, 0.29) is 22.4 Å². The van der Waals surface area contributed by atoms with E-state index in [0.717, 1.165) is 25.7 Å². The number of fused-ring (bicyclic) bond motifs is 1. The number of nitrogens with one attached hydrogen (secondary N) is 2. The molecule has 0 amide bonds. The first-order valence-corrected chi connectivity index (χ1v) is 10.1. The van der Waals surface area contributed by atoms with Crippen LogP contribution in [0.2, 0.25) is 0 Å². The second-order valence-electron chi connectivity index (χ2n) is 6.83. The normalized spacial score (nSPS) is 20.6. The minimum Gasteiger partial charge on any atom is -0.768 e. The molecule has 1 unspecified atom stereocenters. The Morgan fingerprint density at radius 2 is 2.00 bits per heavy atom. The van der Waals surface area contributed by atoms with Crippen LogP contribution >= 0.6 is 0 Å². The lowest BCUT2D eigenvalue weighted by Gasteiger charge is -2.27. The fourth-order valence-corrected chi connectivity index (χ4v) is 4.14. The summed E-state index contributed by atoms with van der Waals surface area (Å²) in [5.41, 5.74) is 1.02. The molecule has 9 heteroatoms. The summed E-state index contributed by atoms with van der Waals surface area (Å²) >= 11 is -2.30. The van der Waals surface area contributed by atoms with Crippen LogP contribution in [0.1, 0.15) is 31.7 Å². The minimum atomic E-state index is -2.30. The quantitative estimate of drug-likeness (QED) is 0.653. The summed E-state index contributed by atoms with van der Waals surface area (Å²) in [6, 6.07) is 10.3. The Kier molecular flexibility index (Phi) is 4.98. The summed E-state index contributed by atoms with van der Waals surface area (Å²) in [6.45, 7) is 0. The van der Waals surface area contributed by atoms with Crippen LogP contribution in [-0.4, -0.2) is 23.5 Å². The van der Waals surface area contributed by atoms with Crippen LogP contribution in [0.5, 0.6) is 0 Å². The molecule has 1 saturated carbocycles. The third-order valence-electron chi connectivity index (χ3n) is 5.15. The smallest absolute Gasteiger partial charge is 0.261 e. The van der Waals surface area contributed by atoms with Gasteiger partial charge in [-0.3, -0.25) is 13.7 Å². The summed E-state index contributed by atoms with van der Waals surface area (Å²) in [7, 11) is 0. The third kappa shape index (κ3) is 3.32. The standard InChI is InChI=1S/C19H19N5O3S/c20-11-12-3-1-2-4-15(12)24-16-9-10-21-19(25)17(16)18(23-24)22-13-5-7-14(8-6-13)28(26)27/h5-10,12,15H,1-4H2,(H,21,25)(H,22,23)(H,26,27)/p-1/t12-,15+/m0/s1. The van der Waals surface area contributed by atoms with Gasteiger partial charge in [-0.15, -0.1) is 0 Å². The molecule has 1 aliphatic rings. The molecule has 0 spiro atoms. The van der Waals surface area contributed by atoms with Gasteiger partial charge in [-0.2, -0.15) is 10.4 Å². The molecular formula is C19H18N5O3S-. The van der Waals surface area contributed by atoms with Crippen LogP contribution in [0.4, 0.5) is 11.5 Å². The Morgan fingerprint density at radius 1 is 1.25 bits per heavy atom. The first-order chi connectivity index (χ1) is 13.6. The molecule has 4 rings (SSSR count). The monoisotopic (exact) mass is 396 g/mol. The van der Waals surface area contributed by atoms with E-state index in [9.17, 15) is 18.8 Å². The maximum atomic E-state index is 12.5. The van der Waals surface area contributed by atoms with Gasteiger partial charge in [0.05, 0.1) is 23.5 Å². The number of H-pyrrole nitrogens is 1. The number of rotatable bonds is 4. The molecule has 28 heavy (non-hydrogen) atoms. The topological polar surface area (TPSA) is 127 Å². The molecule has 3 aromatic rings. The van der Waals surface area contributed by atoms with Crippen molar-refractivity contribution in [2.45, 2.75) is 36.6 Å². The van der Waals surface area contributed by atoms with Crippen molar-refractivity contribution in [1.82, 2.24) is 14.8 Å². The number of aromatic nitrogens is 3. The molecule has 144 valence electrons. The zero-order valence-electron chi connectivity index (χ0n) is 14.9. The first kappa shape index (κ1) is 18.4. The van der Waals surface area contributed by atoms with Crippen LogP contribution in [0.25, 0.3) is 10.9 Å². The van der Waals surface area contributed by atoms with Gasteiger partial charge in [-0.05, 0) is 54.3 Å². The van der Waals surface area contributed by atoms with Crippen molar-refractivity contribution in [3.63, 3.8) is 0 Å². The molecule has 3 atom stereocenters. The van der Waals surface area contributed by atoms with Crippen LogP contribution in [0.15, 0.2) is 46.2 Å². The molecule has 0 radical (unpaired) electrons. The number of benzene rings is 1. The number of pyridine rings is 1. The molecule has 8 nitrogen and oxygen atoms in total. The molecule has 0 saturated heterocycles. The zero-order chi connectivity index (χ0) is 19.7. The van der Waals surface area contributed by atoms with Crippen molar-refractivity contribution in [3.05, 3.63) is 46.9 Å². The molecule has 1 aliphatic carbocycles. The fraction of sp³-hybridized carbons (Fsp3) is 0.316. The lowest BCUT2D eigenvalue weighted by atomic mass is 9.85. The van der Waals surface area contributed by atoms with E-state index in [1.54, 1.807) is 29.1 Å². The Hall–Kier alpha value is -2.96. The summed E-state index contributed by atoms with van der Waals surface area (Å²) in [4.78, 5) is 15.3. The van der Waals surface area contributed by atoms with Crippen LogP contribution in [0, 0.1) is 17.2 Å². The second-order valence-corrected chi connectivity index (χ2v) is 7.77. The molecule has 2 N–H and O–H groups in total. The van der Waals surface area contributed by atoms with Crippen LogP contribution in [0.3, 0.4) is 0 Å². The van der Waals surface area contributed by atoms with Gasteiger partial charge in [0.1, 0.15) is 5.39 Å². The molecule has 0 bridgehead atoms. The maximum absolute atomic E-state index is 12.5. The number of nitriles is 1. The largest absolute Gasteiger partial charge is 0.768 e. The summed E-state index contributed by atoms with van der Waals surface area (Å²) in [5.74, 6) is 0.241. The number of anilines is 2.